The molecule has 0 bridgehead atoms. The van der Waals surface area contributed by atoms with Crippen LogP contribution in [0.2, 0.25) is 0 Å². The Bertz CT molecular complexity index is 3620. The summed E-state index contributed by atoms with van der Waals surface area (Å²) in [5.41, 5.74) is -0.0429. The molecule has 0 saturated carbocycles. The first kappa shape index (κ1) is 73.8. The molecule has 41 heteroatoms. The van der Waals surface area contributed by atoms with Crippen LogP contribution in [-0.2, 0) is 51.8 Å². The van der Waals surface area contributed by atoms with Gasteiger partial charge < -0.3 is 63.3 Å². The fraction of sp³-hybridized carbons (Fsp3) is 0.135. The van der Waals surface area contributed by atoms with Gasteiger partial charge >= 0.3 is 148 Å². The Balaban J connectivity index is 0.00000608. The Hall–Kier alpha value is -2.17. The summed E-state index contributed by atoms with van der Waals surface area (Å²) in [6, 6.07) is 12.4. The number of nitrogens with one attached hydrogen (secondary N) is 4. The van der Waals surface area contributed by atoms with Gasteiger partial charge in [-0.1, -0.05) is 29.5 Å². The van der Waals surface area contributed by atoms with Crippen molar-refractivity contribution in [2.75, 3.05) is 57.7 Å². The van der Waals surface area contributed by atoms with E-state index in [2.05, 4.69) is 55.4 Å². The maximum absolute atomic E-state index is 12.5. The first-order valence-corrected chi connectivity index (χ1v) is 26.3. The molecule has 6 aromatic rings. The smallest absolute Gasteiger partial charge is 0.744 e. The van der Waals surface area contributed by atoms with Crippen LogP contribution in [0.5, 0.6) is 5.75 Å². The zero-order chi connectivity index (χ0) is 53.6. The zero-order valence-electron chi connectivity index (χ0n) is 41.4. The van der Waals surface area contributed by atoms with E-state index >= 15 is 0 Å². The van der Waals surface area contributed by atoms with Crippen molar-refractivity contribution in [3.63, 3.8) is 0 Å². The maximum atomic E-state index is 12.5. The maximum Gasteiger partial charge on any atom is 1.00 e. The Kier molecular flexibility index (Phi) is 29.8. The van der Waals surface area contributed by atoms with E-state index < -0.39 is 131 Å². The molecule has 2 aromatic heterocycles. The number of rotatable bonds is 22. The van der Waals surface area contributed by atoms with E-state index in [9.17, 15) is 81.3 Å². The molecule has 0 aliphatic rings. The number of nitrogens with zero attached hydrogens (tertiary/aromatic N) is 8. The topological polar surface area (TPSA) is 491 Å². The second-order valence-electron chi connectivity index (χ2n) is 14.4. The summed E-state index contributed by atoms with van der Waals surface area (Å²) >= 11 is -3.15. The number of aliphatic hydroxyl groups excluding tert-OH is 2. The third-order valence-electron chi connectivity index (χ3n) is 9.35. The third kappa shape index (κ3) is 20.9. The van der Waals surface area contributed by atoms with Crippen molar-refractivity contribution < 1.29 is 233 Å². The number of hydrogen-bond donors (Lipinski definition) is 8. The van der Waals surface area contributed by atoms with E-state index in [0.29, 0.717) is 28.9 Å². The monoisotopic (exact) mass is 1220 g/mol. The quantitative estimate of drug-likeness (QED) is 0.0103. The molecule has 0 radical (unpaired) electrons. The standard InChI is InChI=1S/C37H38N12O19S5.5Na/c1-20-16-23(38-32-42-34(45-36(44-32)48(12-14-50)13-15-51)41-28-11-9-26(70(56,57)58)19-31(28)73(65,66)67)6-4-21(20)2-3-22-5-7-24(17-29(22)71(59,60)61)39-33-43-35(47-37(46-33)49(52)53)40-27-10-8-25(68-69(54)55)18-30(27)72(62,63)64;;;;;/h2-11,16-19,50-53H,12-15H2,1H3,(H,54,55)(H,56,57,58)(H,59,60,61)(H,62,63,64)(H,65,66,67)(H2,38,41,42,44,45)(H2,39,40,43,46,47);;;;;/q;5*+1/p-5/b3-2+;;;;;. The second-order valence-corrected chi connectivity index (χ2v) is 20.4. The first-order valence-electron chi connectivity index (χ1n) is 19.7. The van der Waals surface area contributed by atoms with Gasteiger partial charge in [0.2, 0.25) is 29.7 Å². The molecule has 8 N–H and O–H groups in total. The summed E-state index contributed by atoms with van der Waals surface area (Å²) in [6.45, 7) is 0.541. The summed E-state index contributed by atoms with van der Waals surface area (Å²) in [6.07, 6.45) is 2.74. The minimum absolute atomic E-state index is 0. The molecule has 78 heavy (non-hydrogen) atoms. The van der Waals surface area contributed by atoms with Gasteiger partial charge in [0.1, 0.15) is 57.6 Å². The fourth-order valence-corrected chi connectivity index (χ4v) is 9.07. The fourth-order valence-electron chi connectivity index (χ4n) is 6.23. The van der Waals surface area contributed by atoms with Crippen molar-refractivity contribution in [3.8, 4) is 5.75 Å². The number of aryl methyl sites for hydroxylation is 1. The van der Waals surface area contributed by atoms with Crippen molar-refractivity contribution >= 4 is 122 Å². The van der Waals surface area contributed by atoms with E-state index in [-0.39, 0.29) is 184 Å². The minimum Gasteiger partial charge on any atom is -0.744 e. The van der Waals surface area contributed by atoms with Crippen LogP contribution in [-0.4, -0.2) is 137 Å². The molecule has 4 aromatic carbocycles. The molecule has 0 aliphatic carbocycles. The Morgan fingerprint density at radius 3 is 1.44 bits per heavy atom. The molecule has 0 aliphatic heterocycles. The minimum atomic E-state index is -5.41. The van der Waals surface area contributed by atoms with E-state index in [0.717, 1.165) is 30.3 Å². The summed E-state index contributed by atoms with van der Waals surface area (Å²) < 4.78 is 171. The van der Waals surface area contributed by atoms with Crippen LogP contribution >= 0.6 is 0 Å². The molecular weight excluding hydrogens is 1190 g/mol. The number of benzene rings is 4. The Labute approximate surface area is 557 Å². The normalized spacial score (nSPS) is 11.8. The molecule has 1 unspecified atom stereocenters. The van der Waals surface area contributed by atoms with E-state index in [1.165, 1.54) is 35.3 Å². The van der Waals surface area contributed by atoms with Gasteiger partial charge in [-0.2, -0.15) is 29.9 Å². The number of anilines is 10. The van der Waals surface area contributed by atoms with Crippen LogP contribution < -0.4 is 183 Å². The molecule has 0 saturated heterocycles. The van der Waals surface area contributed by atoms with Gasteiger partial charge in [-0.3, -0.25) is 10.4 Å². The van der Waals surface area contributed by atoms with E-state index in [1.807, 2.05) is 0 Å². The van der Waals surface area contributed by atoms with E-state index in [1.54, 1.807) is 19.1 Å². The summed E-state index contributed by atoms with van der Waals surface area (Å²) in [7, 11) is -21.2. The van der Waals surface area contributed by atoms with Gasteiger partial charge in [-0.05, 0) is 78.2 Å². The average molecular weight is 1230 g/mol. The summed E-state index contributed by atoms with van der Waals surface area (Å²) in [4.78, 5) is 21.4. The Morgan fingerprint density at radius 2 is 0.987 bits per heavy atom. The van der Waals surface area contributed by atoms with Gasteiger partial charge in [-0.25, -0.2) is 37.9 Å². The summed E-state index contributed by atoms with van der Waals surface area (Å²) in [5.74, 6) is -3.54. The van der Waals surface area contributed by atoms with Crippen molar-refractivity contribution in [1.82, 2.24) is 29.9 Å². The number of aromatic nitrogens is 6. The number of hydrogen-bond acceptors (Lipinski definition) is 31. The zero-order valence-corrected chi connectivity index (χ0v) is 55.5. The van der Waals surface area contributed by atoms with Crippen molar-refractivity contribution in [1.29, 1.82) is 0 Å². The number of aliphatic hydroxyl groups is 2. The van der Waals surface area contributed by atoms with Crippen molar-refractivity contribution in [3.05, 3.63) is 89.5 Å². The van der Waals surface area contributed by atoms with Crippen LogP contribution in [0.4, 0.5) is 58.4 Å². The van der Waals surface area contributed by atoms with Crippen LogP contribution in [0.15, 0.2) is 92.4 Å². The first-order chi connectivity index (χ1) is 34.1. The SMILES string of the molecule is Cc1cc(Nc2nc(Nc3ccc(S(=O)(=O)[O-])cc3S(=O)(=O)[O-])nc(N(CCO)CCO)n2)ccc1/C=C/c1ccc(Nc2nc(Nc3ccc(OS(=O)[O-])cc3S(=O)(=O)[O-])nc(N(O)O)n2)cc1S(=O)(=O)[O-].[Na+].[Na+].[Na+].[Na+].[Na+]. The molecule has 390 valence electrons. The van der Waals surface area contributed by atoms with Crippen LogP contribution in [0, 0.1) is 6.92 Å². The molecule has 0 amide bonds. The summed E-state index contributed by atoms with van der Waals surface area (Å²) in [5, 5.41) is 48.4. The predicted molar refractivity (Wildman–Crippen MR) is 246 cm³/mol. The van der Waals surface area contributed by atoms with Crippen LogP contribution in [0.1, 0.15) is 16.7 Å². The molecule has 6 rings (SSSR count). The van der Waals surface area contributed by atoms with Gasteiger partial charge in [0.05, 0.1) is 44.2 Å². The van der Waals surface area contributed by atoms with Crippen LogP contribution in [0.3, 0.4) is 0 Å². The van der Waals surface area contributed by atoms with Crippen molar-refractivity contribution in [2.24, 2.45) is 0 Å². The van der Waals surface area contributed by atoms with Crippen molar-refractivity contribution in [2.45, 2.75) is 26.5 Å². The van der Waals surface area contributed by atoms with Gasteiger partial charge in [0.15, 0.2) is 0 Å². The Morgan fingerprint density at radius 1 is 0.551 bits per heavy atom. The van der Waals surface area contributed by atoms with E-state index in [4.69, 9.17) is 0 Å². The molecular formula is C37H33N12Na5O19S5. The van der Waals surface area contributed by atoms with Gasteiger partial charge in [-0.15, -0.1) is 0 Å². The molecule has 1 atom stereocenters. The molecule has 2 heterocycles. The molecule has 0 spiro atoms. The van der Waals surface area contributed by atoms with Gasteiger partial charge in [0.25, 0.3) is 5.95 Å². The largest absolute Gasteiger partial charge is 1.00 e. The molecule has 0 fully saturated rings. The second kappa shape index (κ2) is 31.5. The molecule has 31 nitrogen and oxygen atoms in total. The van der Waals surface area contributed by atoms with Gasteiger partial charge in [0, 0.05) is 30.5 Å². The third-order valence-corrected chi connectivity index (χ3v) is 13.2. The predicted octanol–water partition coefficient (Wildman–Crippen LogP) is -14.3. The average Bonchev–Trinajstić information content (AvgIpc) is 3.28. The van der Waals surface area contributed by atoms with Crippen LogP contribution in [0.25, 0.3) is 12.2 Å².